The van der Waals surface area contributed by atoms with E-state index in [2.05, 4.69) is 33.4 Å². The van der Waals surface area contributed by atoms with E-state index in [1.54, 1.807) is 0 Å². The number of rotatable bonds is 8. The van der Waals surface area contributed by atoms with E-state index in [0.29, 0.717) is 19.8 Å². The van der Waals surface area contributed by atoms with Crippen LogP contribution in [-0.4, -0.2) is 32.7 Å². The minimum atomic E-state index is -0.189. The van der Waals surface area contributed by atoms with Crippen molar-refractivity contribution in [3.8, 4) is 5.75 Å². The minimum absolute atomic E-state index is 0.189. The molecule has 1 aromatic carbocycles. The Balaban J connectivity index is 1.91. The van der Waals surface area contributed by atoms with Gasteiger partial charge in [-0.05, 0) is 31.5 Å². The highest BCUT2D eigenvalue weighted by Crippen LogP contribution is 2.32. The lowest BCUT2D eigenvalue weighted by atomic mass is 10.1. The van der Waals surface area contributed by atoms with Crippen molar-refractivity contribution in [3.63, 3.8) is 0 Å². The molecular weight excluding hydrogens is 322 g/mol. The average molecular weight is 344 g/mol. The summed E-state index contributed by atoms with van der Waals surface area (Å²) in [4.78, 5) is 0. The number of fused-ring (bicyclic) bond motifs is 1. The van der Waals surface area contributed by atoms with Crippen LogP contribution in [0.4, 0.5) is 0 Å². The van der Waals surface area contributed by atoms with Gasteiger partial charge >= 0.3 is 0 Å². The Morgan fingerprint density at radius 2 is 2.05 bits per heavy atom. The Kier molecular flexibility index (Phi) is 6.29. The van der Waals surface area contributed by atoms with E-state index in [4.69, 9.17) is 14.2 Å². The van der Waals surface area contributed by atoms with Crippen LogP contribution in [0.15, 0.2) is 16.6 Å². The van der Waals surface area contributed by atoms with E-state index in [1.165, 1.54) is 11.1 Å². The molecule has 0 spiro atoms. The second-order valence-corrected chi connectivity index (χ2v) is 5.54. The van der Waals surface area contributed by atoms with E-state index < -0.39 is 0 Å². The topological polar surface area (TPSA) is 39.7 Å². The van der Waals surface area contributed by atoms with E-state index >= 15 is 0 Å². The van der Waals surface area contributed by atoms with E-state index in [1.807, 2.05) is 13.8 Å². The third-order valence-corrected chi connectivity index (χ3v) is 3.61. The zero-order valence-corrected chi connectivity index (χ0v) is 13.7. The van der Waals surface area contributed by atoms with Crippen LogP contribution in [-0.2, 0) is 22.4 Å². The summed E-state index contributed by atoms with van der Waals surface area (Å²) in [5, 5.41) is 3.38. The number of hydrogen-bond acceptors (Lipinski definition) is 4. The van der Waals surface area contributed by atoms with Crippen LogP contribution in [0.1, 0.15) is 25.0 Å². The van der Waals surface area contributed by atoms with Crippen LogP contribution in [0.2, 0.25) is 0 Å². The fraction of sp³-hybridized carbons (Fsp3) is 0.600. The second-order valence-electron chi connectivity index (χ2n) is 4.62. The number of hydrogen-bond donors (Lipinski definition) is 1. The fourth-order valence-electron chi connectivity index (χ4n) is 2.34. The van der Waals surface area contributed by atoms with Gasteiger partial charge in [-0.3, -0.25) is 0 Å². The monoisotopic (exact) mass is 343 g/mol. The normalized spacial score (nSPS) is 13.6. The maximum atomic E-state index is 5.71. The molecule has 0 atom stereocenters. The van der Waals surface area contributed by atoms with E-state index in [9.17, 15) is 0 Å². The smallest absolute Gasteiger partial charge is 0.169 e. The third-order valence-electron chi connectivity index (χ3n) is 3.16. The molecule has 1 heterocycles. The molecule has 4 nitrogen and oxygen atoms in total. The lowest BCUT2D eigenvalue weighted by Gasteiger charge is -2.18. The molecule has 0 radical (unpaired) electrons. The Bertz CT molecular complexity index is 433. The predicted octanol–water partition coefficient (Wildman–Crippen LogP) is 2.87. The molecule has 0 amide bonds. The van der Waals surface area contributed by atoms with Crippen LogP contribution >= 0.6 is 15.9 Å². The summed E-state index contributed by atoms with van der Waals surface area (Å²) in [6.45, 7) is 7.45. The van der Waals surface area contributed by atoms with Gasteiger partial charge in [-0.1, -0.05) is 15.9 Å². The molecule has 0 saturated carbocycles. The molecule has 0 bridgehead atoms. The lowest BCUT2D eigenvalue weighted by molar-refractivity contribution is -0.133. The number of ether oxygens (including phenoxy) is 3. The van der Waals surface area contributed by atoms with Crippen molar-refractivity contribution in [1.29, 1.82) is 0 Å². The van der Waals surface area contributed by atoms with Crippen LogP contribution in [0.3, 0.4) is 0 Å². The zero-order valence-electron chi connectivity index (χ0n) is 12.1. The molecule has 0 aromatic heterocycles. The first-order valence-corrected chi connectivity index (χ1v) is 7.91. The molecule has 1 aromatic rings. The SMILES string of the molecule is CCOC(CNCc1cc(Br)cc2c1OCC2)OCC. The summed E-state index contributed by atoms with van der Waals surface area (Å²) in [5.41, 5.74) is 2.46. The van der Waals surface area contributed by atoms with Crippen LogP contribution in [0.25, 0.3) is 0 Å². The molecule has 5 heteroatoms. The largest absolute Gasteiger partial charge is 0.493 e. The molecule has 20 heavy (non-hydrogen) atoms. The minimum Gasteiger partial charge on any atom is -0.493 e. The van der Waals surface area contributed by atoms with Gasteiger partial charge < -0.3 is 19.5 Å². The molecule has 1 aliphatic rings. The van der Waals surface area contributed by atoms with Gasteiger partial charge in [0.15, 0.2) is 6.29 Å². The number of benzene rings is 1. The summed E-state index contributed by atoms with van der Waals surface area (Å²) in [7, 11) is 0. The van der Waals surface area contributed by atoms with Crippen LogP contribution in [0, 0.1) is 0 Å². The highest BCUT2D eigenvalue weighted by atomic mass is 79.9. The summed E-state index contributed by atoms with van der Waals surface area (Å²) in [5.74, 6) is 1.03. The Morgan fingerprint density at radius 1 is 1.30 bits per heavy atom. The average Bonchev–Trinajstić information content (AvgIpc) is 2.87. The Hall–Kier alpha value is -0.620. The van der Waals surface area contributed by atoms with Gasteiger partial charge in [0.25, 0.3) is 0 Å². The maximum absolute atomic E-state index is 5.71. The first-order chi connectivity index (χ1) is 9.74. The molecule has 1 aliphatic heterocycles. The zero-order chi connectivity index (χ0) is 14.4. The van der Waals surface area contributed by atoms with Gasteiger partial charge in [-0.2, -0.15) is 0 Å². The van der Waals surface area contributed by atoms with Crippen LogP contribution < -0.4 is 10.1 Å². The number of halogens is 1. The third kappa shape index (κ3) is 4.19. The van der Waals surface area contributed by atoms with Crippen LogP contribution in [0.5, 0.6) is 5.75 Å². The lowest BCUT2D eigenvalue weighted by Crippen LogP contribution is -2.31. The standard InChI is InChI=1S/C15H22BrNO3/c1-3-18-14(19-4-2)10-17-9-12-8-13(16)7-11-5-6-20-15(11)12/h7-8,14,17H,3-6,9-10H2,1-2H3. The first kappa shape index (κ1) is 15.8. The van der Waals surface area contributed by atoms with Gasteiger partial charge in [0.1, 0.15) is 5.75 Å². The fourth-order valence-corrected chi connectivity index (χ4v) is 2.89. The van der Waals surface area contributed by atoms with E-state index in [-0.39, 0.29) is 6.29 Å². The van der Waals surface area contributed by atoms with Gasteiger partial charge in [-0.25, -0.2) is 0 Å². The molecule has 1 N–H and O–H groups in total. The first-order valence-electron chi connectivity index (χ1n) is 7.12. The Morgan fingerprint density at radius 3 is 2.75 bits per heavy atom. The Labute approximate surface area is 128 Å². The van der Waals surface area contributed by atoms with Gasteiger partial charge in [0.2, 0.25) is 0 Å². The molecule has 0 fully saturated rings. The predicted molar refractivity (Wildman–Crippen MR) is 82.1 cm³/mol. The summed E-state index contributed by atoms with van der Waals surface area (Å²) in [6, 6.07) is 4.24. The van der Waals surface area contributed by atoms with Gasteiger partial charge in [0, 0.05) is 42.8 Å². The molecule has 0 unspecified atom stereocenters. The van der Waals surface area contributed by atoms with Crippen molar-refractivity contribution in [2.45, 2.75) is 33.1 Å². The second kappa shape index (κ2) is 7.98. The van der Waals surface area contributed by atoms with Crippen molar-refractivity contribution in [2.24, 2.45) is 0 Å². The molecule has 0 saturated heterocycles. The quantitative estimate of drug-likeness (QED) is 0.736. The van der Waals surface area contributed by atoms with Gasteiger partial charge in [-0.15, -0.1) is 0 Å². The molecular formula is C15H22BrNO3. The van der Waals surface area contributed by atoms with E-state index in [0.717, 1.165) is 29.8 Å². The van der Waals surface area contributed by atoms with Crippen molar-refractivity contribution >= 4 is 15.9 Å². The summed E-state index contributed by atoms with van der Waals surface area (Å²) >= 11 is 3.55. The highest BCUT2D eigenvalue weighted by Gasteiger charge is 2.17. The summed E-state index contributed by atoms with van der Waals surface area (Å²) in [6.07, 6.45) is 0.800. The number of nitrogens with one attached hydrogen (secondary N) is 1. The molecule has 0 aliphatic carbocycles. The molecule has 112 valence electrons. The van der Waals surface area contributed by atoms with Crippen molar-refractivity contribution in [2.75, 3.05) is 26.4 Å². The van der Waals surface area contributed by atoms with Gasteiger partial charge in [0.05, 0.1) is 6.61 Å². The van der Waals surface area contributed by atoms with Crippen molar-refractivity contribution in [3.05, 3.63) is 27.7 Å². The molecule has 2 rings (SSSR count). The maximum Gasteiger partial charge on any atom is 0.169 e. The summed E-state index contributed by atoms with van der Waals surface area (Å²) < 4.78 is 17.8. The highest BCUT2D eigenvalue weighted by molar-refractivity contribution is 9.10. The van der Waals surface area contributed by atoms with Crippen molar-refractivity contribution < 1.29 is 14.2 Å². The van der Waals surface area contributed by atoms with Crippen molar-refractivity contribution in [1.82, 2.24) is 5.32 Å².